The van der Waals surface area contributed by atoms with Crippen molar-refractivity contribution in [3.05, 3.63) is 206 Å². The number of nitrogens with zero attached hydrogens (tertiary/aromatic N) is 2. The predicted octanol–water partition coefficient (Wildman–Crippen LogP) is 14.8. The van der Waals surface area contributed by atoms with Crippen LogP contribution < -0.4 is 0 Å². The lowest BCUT2D eigenvalue weighted by Crippen LogP contribution is -1.94. The van der Waals surface area contributed by atoms with Gasteiger partial charge in [0.25, 0.3) is 0 Å². The topological polar surface area (TPSA) is 23.0 Å². The molecule has 0 saturated carbocycles. The van der Waals surface area contributed by atoms with E-state index in [0.717, 1.165) is 60.5 Å². The fourth-order valence-corrected chi connectivity index (χ4v) is 8.49. The van der Waals surface area contributed by atoms with Gasteiger partial charge in [-0.05, 0) is 106 Å². The Morgan fingerprint density at radius 3 is 1.70 bits per heavy atom. The standard InChI is InChI=1S/C54H34N2O/c1-3-12-35(13-4-1)37-16-11-17-41(30-37)55-51-27-22-38(36-14-5-2-6-15-36)31-47(51)48-33-40(24-29-52(48)55)39-23-28-50-46(32-39)43-18-7-9-20-49(43)56(50)42-25-26-45-44-19-8-10-21-53(44)57-54(45)34-42/h1-34H/i7D,9D,18D,20D,23D,28D,32D. The van der Waals surface area contributed by atoms with Gasteiger partial charge in [0.15, 0.2) is 0 Å². The molecule has 0 aliphatic carbocycles. The van der Waals surface area contributed by atoms with Crippen LogP contribution in [0.15, 0.2) is 211 Å². The van der Waals surface area contributed by atoms with E-state index in [4.69, 9.17) is 7.16 Å². The van der Waals surface area contributed by atoms with Gasteiger partial charge < -0.3 is 13.6 Å². The highest BCUT2D eigenvalue weighted by atomic mass is 16.3. The molecule has 0 fully saturated rings. The van der Waals surface area contributed by atoms with Crippen LogP contribution >= 0.6 is 0 Å². The number of aromatic nitrogens is 2. The van der Waals surface area contributed by atoms with E-state index in [0.29, 0.717) is 22.4 Å². The molecule has 0 aliphatic rings. The third kappa shape index (κ3) is 4.99. The minimum absolute atomic E-state index is 0.0989. The number of benzene rings is 9. The Morgan fingerprint density at radius 1 is 0.333 bits per heavy atom. The molecule has 12 aromatic rings. The minimum atomic E-state index is -0.438. The van der Waals surface area contributed by atoms with Gasteiger partial charge in [0.05, 0.1) is 31.7 Å². The molecule has 3 aromatic heterocycles. The van der Waals surface area contributed by atoms with E-state index in [1.807, 2.05) is 91.0 Å². The maximum absolute atomic E-state index is 9.94. The maximum Gasteiger partial charge on any atom is 0.137 e. The van der Waals surface area contributed by atoms with E-state index in [1.54, 1.807) is 10.6 Å². The van der Waals surface area contributed by atoms with E-state index < -0.39 is 12.1 Å². The van der Waals surface area contributed by atoms with Crippen molar-refractivity contribution in [3.63, 3.8) is 0 Å². The first-order valence-corrected chi connectivity index (χ1v) is 18.9. The summed E-state index contributed by atoms with van der Waals surface area (Å²) in [4.78, 5) is 0. The summed E-state index contributed by atoms with van der Waals surface area (Å²) in [5.41, 5.74) is 9.93. The van der Waals surface area contributed by atoms with Gasteiger partial charge in [-0.15, -0.1) is 0 Å². The molecule has 0 unspecified atom stereocenters. The van der Waals surface area contributed by atoms with Gasteiger partial charge in [-0.2, -0.15) is 0 Å². The summed E-state index contributed by atoms with van der Waals surface area (Å²) in [6, 6.07) is 52.5. The summed E-state index contributed by atoms with van der Waals surface area (Å²) < 4.78 is 75.2. The average Bonchev–Trinajstić information content (AvgIpc) is 4.00. The van der Waals surface area contributed by atoms with Crippen molar-refractivity contribution in [2.45, 2.75) is 0 Å². The SMILES string of the molecule is [2H]c1c([2H])c([2H])c2c(c1[2H])c1c([2H])c(-c3ccc4c(c3)c3cc(-c5ccccc5)ccc3n4-c3cccc(-c4ccccc4)c3)c([2H])c([2H])c1n2-c1ccc2c(c1)oc1ccccc12. The van der Waals surface area contributed by atoms with Crippen LogP contribution in [0.3, 0.4) is 0 Å². The van der Waals surface area contributed by atoms with Gasteiger partial charge in [0.1, 0.15) is 11.2 Å². The van der Waals surface area contributed by atoms with Crippen molar-refractivity contribution >= 4 is 65.6 Å². The predicted molar refractivity (Wildman–Crippen MR) is 239 cm³/mol. The van der Waals surface area contributed by atoms with E-state index in [2.05, 4.69) is 71.3 Å². The van der Waals surface area contributed by atoms with Gasteiger partial charge in [-0.3, -0.25) is 0 Å². The molecule has 0 bridgehead atoms. The third-order valence-electron chi connectivity index (χ3n) is 11.2. The molecule has 3 nitrogen and oxygen atoms in total. The molecule has 0 saturated heterocycles. The molecule has 0 amide bonds. The lowest BCUT2D eigenvalue weighted by Gasteiger charge is -2.11. The first-order chi connectivity index (χ1) is 31.2. The zero-order chi connectivity index (χ0) is 43.5. The second-order valence-electron chi connectivity index (χ2n) is 14.4. The Labute approximate surface area is 338 Å². The first kappa shape index (κ1) is 25.5. The molecule has 57 heavy (non-hydrogen) atoms. The summed E-state index contributed by atoms with van der Waals surface area (Å²) in [5.74, 6) is 0. The van der Waals surface area contributed by atoms with Gasteiger partial charge in [-0.25, -0.2) is 0 Å². The lowest BCUT2D eigenvalue weighted by atomic mass is 9.99. The van der Waals surface area contributed by atoms with E-state index in [-0.39, 0.29) is 57.6 Å². The summed E-state index contributed by atoms with van der Waals surface area (Å²) >= 11 is 0. The lowest BCUT2D eigenvalue weighted by molar-refractivity contribution is 0.668. The Balaban J connectivity index is 1.13. The smallest absolute Gasteiger partial charge is 0.137 e. The van der Waals surface area contributed by atoms with Crippen LogP contribution in [-0.4, -0.2) is 9.13 Å². The molecule has 0 spiro atoms. The molecule has 0 radical (unpaired) electrons. The molecule has 0 aliphatic heterocycles. The van der Waals surface area contributed by atoms with Crippen molar-refractivity contribution in [3.8, 4) is 44.8 Å². The van der Waals surface area contributed by atoms with Crippen LogP contribution in [0.25, 0.3) is 110 Å². The number of fused-ring (bicyclic) bond motifs is 9. The number of hydrogen-bond donors (Lipinski definition) is 0. The van der Waals surface area contributed by atoms with Gasteiger partial charge in [-0.1, -0.05) is 127 Å². The minimum Gasteiger partial charge on any atom is -0.456 e. The molecule has 3 heterocycles. The highest BCUT2D eigenvalue weighted by Crippen LogP contribution is 2.40. The van der Waals surface area contributed by atoms with Crippen molar-refractivity contribution < 1.29 is 14.0 Å². The third-order valence-corrected chi connectivity index (χ3v) is 11.2. The molecular weight excluding hydrogens is 693 g/mol. The number of hydrogen-bond acceptors (Lipinski definition) is 1. The Morgan fingerprint density at radius 2 is 0.930 bits per heavy atom. The Bertz CT molecular complexity index is 3930. The van der Waals surface area contributed by atoms with Gasteiger partial charge >= 0.3 is 0 Å². The number of para-hydroxylation sites is 2. The molecule has 0 atom stereocenters. The second-order valence-corrected chi connectivity index (χ2v) is 14.4. The molecule has 12 rings (SSSR count). The van der Waals surface area contributed by atoms with Crippen LogP contribution in [0.1, 0.15) is 9.60 Å². The van der Waals surface area contributed by atoms with Crippen molar-refractivity contribution in [1.82, 2.24) is 9.13 Å². The van der Waals surface area contributed by atoms with E-state index in [1.165, 1.54) is 0 Å². The van der Waals surface area contributed by atoms with E-state index >= 15 is 0 Å². The highest BCUT2D eigenvalue weighted by Gasteiger charge is 2.18. The quantitative estimate of drug-likeness (QED) is 0.173. The monoisotopic (exact) mass is 733 g/mol. The Hall–Kier alpha value is -7.62. The van der Waals surface area contributed by atoms with Crippen LogP contribution in [0.4, 0.5) is 0 Å². The van der Waals surface area contributed by atoms with Crippen molar-refractivity contribution in [2.24, 2.45) is 0 Å². The summed E-state index contributed by atoms with van der Waals surface area (Å²) in [6.07, 6.45) is 0. The van der Waals surface area contributed by atoms with Gasteiger partial charge in [0, 0.05) is 49.8 Å². The van der Waals surface area contributed by atoms with Crippen LogP contribution in [0, 0.1) is 0 Å². The fraction of sp³-hybridized carbons (Fsp3) is 0. The van der Waals surface area contributed by atoms with Crippen molar-refractivity contribution in [2.75, 3.05) is 0 Å². The molecule has 0 N–H and O–H groups in total. The van der Waals surface area contributed by atoms with Crippen molar-refractivity contribution in [1.29, 1.82) is 0 Å². The first-order valence-electron chi connectivity index (χ1n) is 22.4. The fourth-order valence-electron chi connectivity index (χ4n) is 8.49. The maximum atomic E-state index is 9.94. The number of rotatable bonds is 5. The molecule has 9 aromatic carbocycles. The summed E-state index contributed by atoms with van der Waals surface area (Å²) in [6.45, 7) is 0. The molecular formula is C54H34N2O. The van der Waals surface area contributed by atoms with Gasteiger partial charge in [0.2, 0.25) is 0 Å². The van der Waals surface area contributed by atoms with Crippen LogP contribution in [0.2, 0.25) is 0 Å². The van der Waals surface area contributed by atoms with Crippen LogP contribution in [0.5, 0.6) is 0 Å². The summed E-state index contributed by atoms with van der Waals surface area (Å²) in [7, 11) is 0. The highest BCUT2D eigenvalue weighted by molar-refractivity contribution is 6.14. The molecule has 3 heteroatoms. The second kappa shape index (κ2) is 12.5. The molecule has 266 valence electrons. The summed E-state index contributed by atoms with van der Waals surface area (Å²) in [5, 5.41) is 3.96. The van der Waals surface area contributed by atoms with E-state index in [9.17, 15) is 6.85 Å². The zero-order valence-corrected chi connectivity index (χ0v) is 30.4. The zero-order valence-electron chi connectivity index (χ0n) is 37.4. The largest absolute Gasteiger partial charge is 0.456 e. The Kier molecular flexibility index (Phi) is 5.56. The number of furan rings is 1. The van der Waals surface area contributed by atoms with Crippen LogP contribution in [-0.2, 0) is 0 Å². The average molecular weight is 734 g/mol. The normalized spacial score (nSPS) is 13.6.